The van der Waals surface area contributed by atoms with Gasteiger partial charge in [-0.1, -0.05) is 0 Å². The Morgan fingerprint density at radius 3 is 2.92 bits per heavy atom. The lowest BCUT2D eigenvalue weighted by Gasteiger charge is -2.31. The van der Waals surface area contributed by atoms with Crippen LogP contribution in [-0.4, -0.2) is 50.0 Å². The van der Waals surface area contributed by atoms with Crippen LogP contribution in [0.2, 0.25) is 0 Å². The molecule has 6 heteroatoms. The summed E-state index contributed by atoms with van der Waals surface area (Å²) in [7, 11) is 0.00579. The monoisotopic (exact) mass is 224 g/mol. The molecule has 1 aliphatic heterocycles. The summed E-state index contributed by atoms with van der Waals surface area (Å²) in [4.78, 5) is 2.20. The van der Waals surface area contributed by atoms with Crippen LogP contribution in [0.5, 0.6) is 0 Å². The molecule has 13 heavy (non-hydrogen) atoms. The Balaban J connectivity index is 2.28. The van der Waals surface area contributed by atoms with Crippen molar-refractivity contribution in [3.8, 4) is 0 Å². The Labute approximate surface area is 89.9 Å². The molecule has 1 aliphatic rings. The maximum atomic E-state index is 5.68. The Hall–Kier alpha value is 0.525. The molecule has 76 valence electrons. The van der Waals surface area contributed by atoms with Gasteiger partial charge in [0, 0.05) is 31.5 Å². The van der Waals surface area contributed by atoms with Gasteiger partial charge in [0.2, 0.25) is 0 Å². The van der Waals surface area contributed by atoms with Gasteiger partial charge in [0.05, 0.1) is 0 Å². The van der Waals surface area contributed by atoms with Crippen molar-refractivity contribution in [2.24, 2.45) is 0 Å². The molecule has 1 N–H and O–H groups in total. The van der Waals surface area contributed by atoms with Crippen LogP contribution in [-0.2, 0) is 4.65 Å². The van der Waals surface area contributed by atoms with Crippen molar-refractivity contribution in [1.29, 1.82) is 0 Å². The van der Waals surface area contributed by atoms with Gasteiger partial charge in [-0.2, -0.15) is 0 Å². The normalized spacial score (nSPS) is 19.4. The Bertz CT molecular complexity index is 140. The molecule has 0 amide bonds. The second kappa shape index (κ2) is 6.90. The molecule has 0 atom stereocenters. The van der Waals surface area contributed by atoms with Gasteiger partial charge in [-0.15, -0.1) is 23.2 Å². The van der Waals surface area contributed by atoms with Crippen molar-refractivity contribution in [1.82, 2.24) is 10.0 Å². The molecular formula is C7H15BCl2N2O. The lowest BCUT2D eigenvalue weighted by molar-refractivity contribution is 0.197. The fourth-order valence-corrected chi connectivity index (χ4v) is 1.72. The first-order valence-electron chi connectivity index (χ1n) is 4.59. The zero-order chi connectivity index (χ0) is 9.52. The van der Waals surface area contributed by atoms with Gasteiger partial charge in [0.1, 0.15) is 0 Å². The summed E-state index contributed by atoms with van der Waals surface area (Å²) in [6.45, 7) is 3.50. The SMILES string of the molecule is ClCCNB1OCCCN1CCCl. The fraction of sp³-hybridized carbons (Fsp3) is 1.00. The molecule has 0 unspecified atom stereocenters. The van der Waals surface area contributed by atoms with E-state index in [2.05, 4.69) is 10.0 Å². The fourth-order valence-electron chi connectivity index (χ4n) is 1.39. The third-order valence-electron chi connectivity index (χ3n) is 1.98. The van der Waals surface area contributed by atoms with Gasteiger partial charge < -0.3 is 14.7 Å². The van der Waals surface area contributed by atoms with Gasteiger partial charge in [0.15, 0.2) is 0 Å². The molecule has 1 fully saturated rings. The van der Waals surface area contributed by atoms with E-state index >= 15 is 0 Å². The lowest BCUT2D eigenvalue weighted by Crippen LogP contribution is -2.56. The van der Waals surface area contributed by atoms with Gasteiger partial charge in [0.25, 0.3) is 0 Å². The molecule has 0 saturated carbocycles. The highest BCUT2D eigenvalue weighted by Crippen LogP contribution is 2.04. The number of nitrogens with zero attached hydrogens (tertiary/aromatic N) is 1. The summed E-state index contributed by atoms with van der Waals surface area (Å²) in [6.07, 6.45) is 1.08. The highest BCUT2D eigenvalue weighted by Gasteiger charge is 2.27. The molecule has 0 aromatic heterocycles. The first-order chi connectivity index (χ1) is 6.38. The molecule has 0 bridgehead atoms. The standard InChI is InChI=1S/C7H15BCl2N2O/c9-2-4-11-8-12(6-3-10)5-1-7-13-8/h11H,1-7H2. The highest BCUT2D eigenvalue weighted by atomic mass is 35.5. The van der Waals surface area contributed by atoms with Crippen LogP contribution < -0.4 is 5.23 Å². The van der Waals surface area contributed by atoms with Crippen LogP contribution in [0.1, 0.15) is 6.42 Å². The van der Waals surface area contributed by atoms with E-state index in [1.165, 1.54) is 0 Å². The lowest BCUT2D eigenvalue weighted by atomic mass is 9.94. The molecule has 1 rings (SSSR count). The summed E-state index contributed by atoms with van der Waals surface area (Å²) >= 11 is 11.3. The topological polar surface area (TPSA) is 24.5 Å². The van der Waals surface area contributed by atoms with E-state index in [1.54, 1.807) is 0 Å². The second-order valence-corrected chi connectivity index (χ2v) is 3.70. The average molecular weight is 225 g/mol. The molecule has 0 aromatic rings. The minimum atomic E-state index is 0.00579. The largest absolute Gasteiger partial charge is 0.476 e. The number of nitrogens with one attached hydrogen (secondary N) is 1. The molecule has 1 heterocycles. The first kappa shape index (κ1) is 11.6. The predicted octanol–water partition coefficient (Wildman–Crippen LogP) is 0.761. The number of rotatable bonds is 5. The van der Waals surface area contributed by atoms with Crippen molar-refractivity contribution in [3.63, 3.8) is 0 Å². The Kier molecular flexibility index (Phi) is 6.16. The van der Waals surface area contributed by atoms with Crippen LogP contribution >= 0.6 is 23.2 Å². The van der Waals surface area contributed by atoms with E-state index in [-0.39, 0.29) is 7.19 Å². The van der Waals surface area contributed by atoms with Crippen LogP contribution in [0, 0.1) is 0 Å². The minimum absolute atomic E-state index is 0.00579. The number of alkyl halides is 2. The zero-order valence-corrected chi connectivity index (χ0v) is 9.15. The average Bonchev–Trinajstić information content (AvgIpc) is 2.17. The van der Waals surface area contributed by atoms with E-state index in [1.807, 2.05) is 0 Å². The summed E-state index contributed by atoms with van der Waals surface area (Å²) in [5.41, 5.74) is 0. The minimum Gasteiger partial charge on any atom is -0.408 e. The van der Waals surface area contributed by atoms with Crippen molar-refractivity contribution in [2.45, 2.75) is 6.42 Å². The van der Waals surface area contributed by atoms with Crippen LogP contribution in [0.15, 0.2) is 0 Å². The molecule has 0 spiro atoms. The maximum absolute atomic E-state index is 5.68. The molecular weight excluding hydrogens is 210 g/mol. The van der Waals surface area contributed by atoms with Gasteiger partial charge in [-0.05, 0) is 13.0 Å². The van der Waals surface area contributed by atoms with Crippen molar-refractivity contribution < 1.29 is 4.65 Å². The second-order valence-electron chi connectivity index (χ2n) is 2.94. The maximum Gasteiger partial charge on any atom is 0.476 e. The number of hydrogen-bond acceptors (Lipinski definition) is 3. The van der Waals surface area contributed by atoms with E-state index in [4.69, 9.17) is 27.9 Å². The molecule has 0 aliphatic carbocycles. The van der Waals surface area contributed by atoms with E-state index in [0.717, 1.165) is 32.7 Å². The molecule has 0 radical (unpaired) electrons. The van der Waals surface area contributed by atoms with E-state index < -0.39 is 0 Å². The zero-order valence-electron chi connectivity index (χ0n) is 7.64. The smallest absolute Gasteiger partial charge is 0.408 e. The molecule has 1 saturated heterocycles. The van der Waals surface area contributed by atoms with Crippen molar-refractivity contribution in [2.75, 3.05) is 38.0 Å². The van der Waals surface area contributed by atoms with Crippen molar-refractivity contribution in [3.05, 3.63) is 0 Å². The highest BCUT2D eigenvalue weighted by molar-refractivity contribution is 6.46. The van der Waals surface area contributed by atoms with Crippen molar-refractivity contribution >= 4 is 30.4 Å². The summed E-state index contributed by atoms with van der Waals surface area (Å²) < 4.78 is 5.54. The van der Waals surface area contributed by atoms with Gasteiger partial charge >= 0.3 is 7.19 Å². The quantitative estimate of drug-likeness (QED) is 0.552. The summed E-state index contributed by atoms with van der Waals surface area (Å²) in [6, 6.07) is 0. The Morgan fingerprint density at radius 2 is 2.23 bits per heavy atom. The van der Waals surface area contributed by atoms with E-state index in [0.29, 0.717) is 11.8 Å². The van der Waals surface area contributed by atoms with Crippen LogP contribution in [0.3, 0.4) is 0 Å². The Morgan fingerprint density at radius 1 is 1.38 bits per heavy atom. The van der Waals surface area contributed by atoms with Crippen LogP contribution in [0.25, 0.3) is 0 Å². The molecule has 3 nitrogen and oxygen atoms in total. The van der Waals surface area contributed by atoms with E-state index in [9.17, 15) is 0 Å². The molecule has 0 aromatic carbocycles. The number of halogens is 2. The first-order valence-corrected chi connectivity index (χ1v) is 5.66. The third-order valence-corrected chi connectivity index (χ3v) is 2.34. The number of hydrogen-bond donors (Lipinski definition) is 1. The summed E-state index contributed by atoms with van der Waals surface area (Å²) in [5.74, 6) is 1.25. The third kappa shape index (κ3) is 4.04. The van der Waals surface area contributed by atoms with Gasteiger partial charge in [-0.3, -0.25) is 0 Å². The predicted molar refractivity (Wildman–Crippen MR) is 57.3 cm³/mol. The summed E-state index contributed by atoms with van der Waals surface area (Å²) in [5, 5.41) is 3.22. The van der Waals surface area contributed by atoms with Crippen LogP contribution in [0.4, 0.5) is 0 Å². The van der Waals surface area contributed by atoms with Gasteiger partial charge in [-0.25, -0.2) is 0 Å².